The number of nitrogens with zero attached hydrogens (tertiary/aromatic N) is 3. The molecule has 4 nitrogen and oxygen atoms in total. The molecule has 0 spiro atoms. The number of allylic oxidation sites excluding steroid dienone is 2. The normalized spacial score (nSPS) is 23.0. The van der Waals surface area contributed by atoms with Gasteiger partial charge in [0, 0.05) is 31.0 Å². The predicted molar refractivity (Wildman–Crippen MR) is 93.6 cm³/mol. The largest absolute Gasteiger partial charge is 0.338 e. The van der Waals surface area contributed by atoms with Gasteiger partial charge in [-0.3, -0.25) is 9.48 Å². The SMILES string of the molecule is CC1=CC[C@H]2CN(C(=O)c3cccc(Cn4cccn4)c3)C[C@H]2C1. The fourth-order valence-corrected chi connectivity index (χ4v) is 4.02. The van der Waals surface area contributed by atoms with Crippen molar-refractivity contribution in [1.82, 2.24) is 14.7 Å². The average Bonchev–Trinajstić information content (AvgIpc) is 3.23. The first kappa shape index (κ1) is 15.2. The molecule has 0 radical (unpaired) electrons. The molecular weight excluding hydrogens is 298 g/mol. The highest BCUT2D eigenvalue weighted by Gasteiger charge is 2.36. The molecule has 1 fully saturated rings. The number of carbonyl (C=O) groups excluding carboxylic acids is 1. The minimum absolute atomic E-state index is 0.171. The van der Waals surface area contributed by atoms with Crippen LogP contribution in [0.25, 0.3) is 0 Å². The summed E-state index contributed by atoms with van der Waals surface area (Å²) in [5.41, 5.74) is 3.38. The summed E-state index contributed by atoms with van der Waals surface area (Å²) >= 11 is 0. The Balaban J connectivity index is 1.47. The van der Waals surface area contributed by atoms with E-state index in [9.17, 15) is 4.79 Å². The average molecular weight is 321 g/mol. The van der Waals surface area contributed by atoms with Crippen molar-refractivity contribution in [2.75, 3.05) is 13.1 Å². The van der Waals surface area contributed by atoms with Gasteiger partial charge in [-0.1, -0.05) is 23.8 Å². The van der Waals surface area contributed by atoms with Crippen molar-refractivity contribution in [2.24, 2.45) is 11.8 Å². The number of fused-ring (bicyclic) bond motifs is 1. The van der Waals surface area contributed by atoms with Crippen molar-refractivity contribution in [3.05, 3.63) is 65.5 Å². The molecule has 1 aliphatic heterocycles. The maximum Gasteiger partial charge on any atom is 0.253 e. The molecule has 124 valence electrons. The smallest absolute Gasteiger partial charge is 0.253 e. The van der Waals surface area contributed by atoms with Gasteiger partial charge in [0.25, 0.3) is 5.91 Å². The number of hydrogen-bond donors (Lipinski definition) is 0. The lowest BCUT2D eigenvalue weighted by atomic mass is 9.83. The Morgan fingerprint density at radius 3 is 2.96 bits per heavy atom. The van der Waals surface area contributed by atoms with E-state index in [0.717, 1.165) is 37.1 Å². The Labute approximate surface area is 142 Å². The number of carbonyl (C=O) groups is 1. The number of hydrogen-bond acceptors (Lipinski definition) is 2. The number of likely N-dealkylation sites (tertiary alicyclic amines) is 1. The minimum Gasteiger partial charge on any atom is -0.338 e. The van der Waals surface area contributed by atoms with Crippen molar-refractivity contribution < 1.29 is 4.79 Å². The first-order valence-electron chi connectivity index (χ1n) is 8.70. The third-order valence-electron chi connectivity index (χ3n) is 5.29. The number of benzene rings is 1. The summed E-state index contributed by atoms with van der Waals surface area (Å²) in [5, 5.41) is 4.24. The van der Waals surface area contributed by atoms with Crippen LogP contribution in [0.1, 0.15) is 35.7 Å². The van der Waals surface area contributed by atoms with E-state index >= 15 is 0 Å². The number of amides is 1. The van der Waals surface area contributed by atoms with Crippen LogP contribution in [0.5, 0.6) is 0 Å². The van der Waals surface area contributed by atoms with E-state index in [1.165, 1.54) is 5.57 Å². The second-order valence-corrected chi connectivity index (χ2v) is 7.12. The molecule has 0 bridgehead atoms. The molecule has 1 amide bonds. The van der Waals surface area contributed by atoms with E-state index in [2.05, 4.69) is 29.1 Å². The van der Waals surface area contributed by atoms with Crippen LogP contribution in [0.15, 0.2) is 54.4 Å². The molecular formula is C20H23N3O. The van der Waals surface area contributed by atoms with Crippen molar-refractivity contribution in [3.63, 3.8) is 0 Å². The van der Waals surface area contributed by atoms with Gasteiger partial charge in [0.1, 0.15) is 0 Å². The van der Waals surface area contributed by atoms with Crippen LogP contribution in [0.4, 0.5) is 0 Å². The third-order valence-corrected chi connectivity index (χ3v) is 5.29. The molecule has 0 saturated carbocycles. The standard InChI is InChI=1S/C20H23N3O/c1-15-6-7-18-13-22(14-19(18)10-15)20(24)17-5-2-4-16(11-17)12-23-9-3-8-21-23/h2-6,8-9,11,18-19H,7,10,12-14H2,1H3/t18-,19+/m0/s1. The second kappa shape index (κ2) is 6.27. The molecule has 1 saturated heterocycles. The van der Waals surface area contributed by atoms with Gasteiger partial charge in [-0.05, 0) is 55.4 Å². The molecule has 2 aromatic rings. The summed E-state index contributed by atoms with van der Waals surface area (Å²) in [5.74, 6) is 1.46. The lowest BCUT2D eigenvalue weighted by Crippen LogP contribution is -2.29. The van der Waals surface area contributed by atoms with Crippen molar-refractivity contribution >= 4 is 5.91 Å². The number of rotatable bonds is 3. The van der Waals surface area contributed by atoms with E-state index in [1.807, 2.05) is 35.1 Å². The molecule has 4 heteroatoms. The molecule has 2 heterocycles. The Bertz CT molecular complexity index is 763. The van der Waals surface area contributed by atoms with E-state index in [0.29, 0.717) is 18.4 Å². The molecule has 1 aromatic heterocycles. The van der Waals surface area contributed by atoms with E-state index in [-0.39, 0.29) is 5.91 Å². The fraction of sp³-hybridized carbons (Fsp3) is 0.400. The summed E-state index contributed by atoms with van der Waals surface area (Å²) in [7, 11) is 0. The van der Waals surface area contributed by atoms with Gasteiger partial charge in [0.15, 0.2) is 0 Å². The van der Waals surface area contributed by atoms with Crippen LogP contribution >= 0.6 is 0 Å². The summed E-state index contributed by atoms with van der Waals surface area (Å²) in [6.45, 7) is 4.71. The summed E-state index contributed by atoms with van der Waals surface area (Å²) in [6, 6.07) is 9.88. The van der Waals surface area contributed by atoms with E-state index < -0.39 is 0 Å². The topological polar surface area (TPSA) is 38.1 Å². The quantitative estimate of drug-likeness (QED) is 0.813. The lowest BCUT2D eigenvalue weighted by molar-refractivity contribution is 0.0784. The van der Waals surface area contributed by atoms with Crippen LogP contribution in [-0.2, 0) is 6.54 Å². The van der Waals surface area contributed by atoms with Crippen LogP contribution < -0.4 is 0 Å². The molecule has 4 rings (SSSR count). The molecule has 2 atom stereocenters. The molecule has 1 aliphatic carbocycles. The summed E-state index contributed by atoms with van der Waals surface area (Å²) in [4.78, 5) is 15.0. The first-order valence-corrected chi connectivity index (χ1v) is 8.70. The van der Waals surface area contributed by atoms with Gasteiger partial charge in [0.2, 0.25) is 0 Å². The molecule has 24 heavy (non-hydrogen) atoms. The first-order chi connectivity index (χ1) is 11.7. The van der Waals surface area contributed by atoms with Crippen molar-refractivity contribution in [2.45, 2.75) is 26.3 Å². The zero-order chi connectivity index (χ0) is 16.5. The third kappa shape index (κ3) is 3.01. The molecule has 0 N–H and O–H groups in total. The maximum atomic E-state index is 12.9. The van der Waals surface area contributed by atoms with E-state index in [4.69, 9.17) is 0 Å². The van der Waals surface area contributed by atoms with Crippen molar-refractivity contribution in [3.8, 4) is 0 Å². The van der Waals surface area contributed by atoms with Gasteiger partial charge in [-0.2, -0.15) is 5.10 Å². The van der Waals surface area contributed by atoms with Gasteiger partial charge in [0.05, 0.1) is 6.54 Å². The van der Waals surface area contributed by atoms with Crippen LogP contribution in [-0.4, -0.2) is 33.7 Å². The van der Waals surface area contributed by atoms with Gasteiger partial charge in [-0.15, -0.1) is 0 Å². The van der Waals surface area contributed by atoms with Crippen LogP contribution in [0, 0.1) is 11.8 Å². The Hall–Kier alpha value is -2.36. The zero-order valence-electron chi connectivity index (χ0n) is 14.1. The molecule has 1 aromatic carbocycles. The summed E-state index contributed by atoms with van der Waals surface area (Å²) in [6.07, 6.45) is 8.33. The monoisotopic (exact) mass is 321 g/mol. The van der Waals surface area contributed by atoms with Crippen LogP contribution in [0.2, 0.25) is 0 Å². The van der Waals surface area contributed by atoms with E-state index in [1.54, 1.807) is 6.20 Å². The Morgan fingerprint density at radius 1 is 1.25 bits per heavy atom. The number of aromatic nitrogens is 2. The minimum atomic E-state index is 0.171. The fourth-order valence-electron chi connectivity index (χ4n) is 4.02. The second-order valence-electron chi connectivity index (χ2n) is 7.12. The highest BCUT2D eigenvalue weighted by atomic mass is 16.2. The highest BCUT2D eigenvalue weighted by molar-refractivity contribution is 5.94. The zero-order valence-corrected chi connectivity index (χ0v) is 14.1. The van der Waals surface area contributed by atoms with Gasteiger partial charge in [-0.25, -0.2) is 0 Å². The molecule has 0 unspecified atom stereocenters. The Kier molecular flexibility index (Phi) is 3.97. The van der Waals surface area contributed by atoms with Gasteiger partial charge >= 0.3 is 0 Å². The Morgan fingerprint density at radius 2 is 2.12 bits per heavy atom. The molecule has 2 aliphatic rings. The van der Waals surface area contributed by atoms with Crippen LogP contribution in [0.3, 0.4) is 0 Å². The maximum absolute atomic E-state index is 12.9. The lowest BCUT2D eigenvalue weighted by Gasteiger charge is -2.21. The van der Waals surface area contributed by atoms with Crippen molar-refractivity contribution in [1.29, 1.82) is 0 Å². The summed E-state index contributed by atoms with van der Waals surface area (Å²) < 4.78 is 1.88. The van der Waals surface area contributed by atoms with Gasteiger partial charge < -0.3 is 4.90 Å². The highest BCUT2D eigenvalue weighted by Crippen LogP contribution is 2.36. The predicted octanol–water partition coefficient (Wildman–Crippen LogP) is 3.36.